The predicted molar refractivity (Wildman–Crippen MR) is 82.4 cm³/mol. The summed E-state index contributed by atoms with van der Waals surface area (Å²) in [6.45, 7) is 1.49. The number of piperidine rings is 1. The van der Waals surface area contributed by atoms with Crippen LogP contribution in [0.15, 0.2) is 54.6 Å². The molecule has 0 aromatic heterocycles. The summed E-state index contributed by atoms with van der Waals surface area (Å²) < 4.78 is 0. The summed E-state index contributed by atoms with van der Waals surface area (Å²) in [5.41, 5.74) is 1.75. The summed E-state index contributed by atoms with van der Waals surface area (Å²) in [6.07, 6.45) is 1.80. The number of hydrogen-bond acceptors (Lipinski definition) is 2. The van der Waals surface area contributed by atoms with E-state index >= 15 is 0 Å². The highest BCUT2D eigenvalue weighted by Crippen LogP contribution is 2.33. The van der Waals surface area contributed by atoms with Crippen LogP contribution in [0.4, 0.5) is 0 Å². The van der Waals surface area contributed by atoms with Gasteiger partial charge in [-0.1, -0.05) is 36.4 Å². The Morgan fingerprint density at radius 3 is 2.24 bits per heavy atom. The summed E-state index contributed by atoms with van der Waals surface area (Å²) in [5, 5.41) is 9.94. The second-order valence-electron chi connectivity index (χ2n) is 5.49. The lowest BCUT2D eigenvalue weighted by molar-refractivity contribution is 0.0712. The molecule has 1 fully saturated rings. The number of carbonyl (C=O) groups is 1. The number of aromatic hydroxyl groups is 1. The third-order valence-electron chi connectivity index (χ3n) is 4.18. The van der Waals surface area contributed by atoms with Gasteiger partial charge in [0, 0.05) is 18.7 Å². The molecule has 108 valence electrons. The van der Waals surface area contributed by atoms with Gasteiger partial charge >= 0.3 is 0 Å². The van der Waals surface area contributed by atoms with Gasteiger partial charge in [0.2, 0.25) is 0 Å². The molecule has 0 aliphatic carbocycles. The van der Waals surface area contributed by atoms with Crippen molar-refractivity contribution in [1.29, 1.82) is 0 Å². The number of hydrogen-bond donors (Lipinski definition) is 1. The van der Waals surface area contributed by atoms with Gasteiger partial charge in [-0.2, -0.15) is 0 Å². The van der Waals surface area contributed by atoms with Crippen LogP contribution in [0, 0.1) is 0 Å². The fraction of sp³-hybridized carbons (Fsp3) is 0.278. The Morgan fingerprint density at radius 1 is 0.952 bits per heavy atom. The van der Waals surface area contributed by atoms with Crippen molar-refractivity contribution >= 4 is 5.91 Å². The van der Waals surface area contributed by atoms with Crippen LogP contribution in [-0.2, 0) is 0 Å². The second kappa shape index (κ2) is 6.00. The molecule has 1 heterocycles. The number of carbonyl (C=O) groups excluding carboxylic acids is 1. The number of likely N-dealkylation sites (tertiary alicyclic amines) is 1. The zero-order valence-electron chi connectivity index (χ0n) is 11.9. The molecule has 1 aliphatic heterocycles. The van der Waals surface area contributed by atoms with Crippen LogP contribution >= 0.6 is 0 Å². The minimum absolute atomic E-state index is 0.103. The van der Waals surface area contributed by atoms with Gasteiger partial charge < -0.3 is 10.0 Å². The fourth-order valence-electron chi connectivity index (χ4n) is 2.99. The zero-order chi connectivity index (χ0) is 14.7. The molecule has 2 aromatic carbocycles. The largest absolute Gasteiger partial charge is 0.508 e. The third-order valence-corrected chi connectivity index (χ3v) is 4.18. The Kier molecular flexibility index (Phi) is 3.91. The van der Waals surface area contributed by atoms with Crippen LogP contribution in [0.5, 0.6) is 5.75 Å². The number of amides is 1. The maximum atomic E-state index is 12.4. The van der Waals surface area contributed by atoms with Crippen molar-refractivity contribution in [3.05, 3.63) is 65.7 Å². The van der Waals surface area contributed by atoms with Crippen molar-refractivity contribution in [3.63, 3.8) is 0 Å². The monoisotopic (exact) mass is 281 g/mol. The second-order valence-corrected chi connectivity index (χ2v) is 5.49. The summed E-state index contributed by atoms with van der Waals surface area (Å²) >= 11 is 0. The Bertz CT molecular complexity index is 616. The van der Waals surface area contributed by atoms with Gasteiger partial charge in [0.15, 0.2) is 0 Å². The Balaban J connectivity index is 1.66. The highest BCUT2D eigenvalue weighted by atomic mass is 16.3. The van der Waals surface area contributed by atoms with E-state index in [0.717, 1.165) is 37.1 Å². The molecule has 0 spiro atoms. The molecule has 1 N–H and O–H groups in total. The highest BCUT2D eigenvalue weighted by molar-refractivity contribution is 5.94. The van der Waals surface area contributed by atoms with Crippen molar-refractivity contribution in [2.75, 3.05) is 13.1 Å². The molecule has 3 heteroatoms. The molecular formula is C18H19NO2. The molecule has 2 aromatic rings. The summed E-state index contributed by atoms with van der Waals surface area (Å²) in [5.74, 6) is 0.808. The van der Waals surface area contributed by atoms with Gasteiger partial charge in [0.1, 0.15) is 5.75 Å². The number of para-hydroxylation sites is 1. The van der Waals surface area contributed by atoms with Crippen LogP contribution < -0.4 is 0 Å². The Labute approximate surface area is 124 Å². The lowest BCUT2D eigenvalue weighted by Crippen LogP contribution is -2.37. The number of benzene rings is 2. The molecule has 0 unspecified atom stereocenters. The van der Waals surface area contributed by atoms with E-state index in [9.17, 15) is 9.90 Å². The summed E-state index contributed by atoms with van der Waals surface area (Å²) in [7, 11) is 0. The van der Waals surface area contributed by atoms with E-state index in [0.29, 0.717) is 11.7 Å². The molecule has 21 heavy (non-hydrogen) atoms. The smallest absolute Gasteiger partial charge is 0.253 e. The molecule has 1 aliphatic rings. The third kappa shape index (κ3) is 2.92. The Hall–Kier alpha value is -2.29. The van der Waals surface area contributed by atoms with E-state index in [1.54, 1.807) is 6.07 Å². The van der Waals surface area contributed by atoms with E-state index in [1.807, 2.05) is 53.4 Å². The molecule has 0 bridgehead atoms. The van der Waals surface area contributed by atoms with Crippen molar-refractivity contribution in [3.8, 4) is 5.75 Å². The molecule has 0 atom stereocenters. The van der Waals surface area contributed by atoms with Crippen molar-refractivity contribution in [1.82, 2.24) is 4.90 Å². The molecular weight excluding hydrogens is 262 g/mol. The first kappa shape index (κ1) is 13.7. The zero-order valence-corrected chi connectivity index (χ0v) is 11.9. The van der Waals surface area contributed by atoms with E-state index in [2.05, 4.69) is 0 Å². The maximum absolute atomic E-state index is 12.4. The average molecular weight is 281 g/mol. The van der Waals surface area contributed by atoms with Gasteiger partial charge in [-0.05, 0) is 42.5 Å². The van der Waals surface area contributed by atoms with Crippen molar-refractivity contribution in [2.45, 2.75) is 18.8 Å². The fourth-order valence-corrected chi connectivity index (χ4v) is 2.99. The van der Waals surface area contributed by atoms with Crippen LogP contribution in [0.2, 0.25) is 0 Å². The van der Waals surface area contributed by atoms with Gasteiger partial charge in [0.05, 0.1) is 0 Å². The van der Waals surface area contributed by atoms with Crippen LogP contribution in [0.25, 0.3) is 0 Å². The molecule has 1 saturated heterocycles. The van der Waals surface area contributed by atoms with Crippen molar-refractivity contribution < 1.29 is 9.90 Å². The number of rotatable bonds is 2. The first-order valence-electron chi connectivity index (χ1n) is 7.38. The first-order valence-corrected chi connectivity index (χ1v) is 7.38. The van der Waals surface area contributed by atoms with Crippen LogP contribution in [0.3, 0.4) is 0 Å². The standard InChI is InChI=1S/C18H19NO2/c20-17-9-5-4-8-16(17)14-10-12-19(13-11-14)18(21)15-6-2-1-3-7-15/h1-9,14,20H,10-13H2. The lowest BCUT2D eigenvalue weighted by atomic mass is 9.88. The summed E-state index contributed by atoms with van der Waals surface area (Å²) in [4.78, 5) is 14.3. The van der Waals surface area contributed by atoms with E-state index < -0.39 is 0 Å². The Morgan fingerprint density at radius 2 is 1.57 bits per heavy atom. The molecule has 1 amide bonds. The predicted octanol–water partition coefficient (Wildman–Crippen LogP) is 3.41. The number of phenolic OH excluding ortho intramolecular Hbond substituents is 1. The quantitative estimate of drug-likeness (QED) is 0.916. The van der Waals surface area contributed by atoms with E-state index in [1.165, 1.54) is 0 Å². The van der Waals surface area contributed by atoms with Crippen LogP contribution in [-0.4, -0.2) is 29.0 Å². The van der Waals surface area contributed by atoms with Gasteiger partial charge in [-0.25, -0.2) is 0 Å². The molecule has 0 radical (unpaired) electrons. The molecule has 0 saturated carbocycles. The van der Waals surface area contributed by atoms with E-state index in [-0.39, 0.29) is 5.91 Å². The maximum Gasteiger partial charge on any atom is 0.253 e. The normalized spacial score (nSPS) is 15.9. The highest BCUT2D eigenvalue weighted by Gasteiger charge is 2.25. The minimum Gasteiger partial charge on any atom is -0.508 e. The molecule has 3 rings (SSSR count). The summed E-state index contributed by atoms with van der Waals surface area (Å²) in [6, 6.07) is 16.9. The number of nitrogens with zero attached hydrogens (tertiary/aromatic N) is 1. The lowest BCUT2D eigenvalue weighted by Gasteiger charge is -2.32. The van der Waals surface area contributed by atoms with Gasteiger partial charge in [-0.15, -0.1) is 0 Å². The van der Waals surface area contributed by atoms with Gasteiger partial charge in [-0.3, -0.25) is 4.79 Å². The SMILES string of the molecule is O=C(c1ccccc1)N1CCC(c2ccccc2O)CC1. The van der Waals surface area contributed by atoms with Crippen LogP contribution in [0.1, 0.15) is 34.7 Å². The minimum atomic E-state index is 0.103. The number of phenols is 1. The van der Waals surface area contributed by atoms with E-state index in [4.69, 9.17) is 0 Å². The topological polar surface area (TPSA) is 40.5 Å². The van der Waals surface area contributed by atoms with Gasteiger partial charge in [0.25, 0.3) is 5.91 Å². The average Bonchev–Trinajstić information content (AvgIpc) is 2.56. The molecule has 3 nitrogen and oxygen atoms in total. The first-order chi connectivity index (χ1) is 10.3. The van der Waals surface area contributed by atoms with Crippen molar-refractivity contribution in [2.24, 2.45) is 0 Å².